The lowest BCUT2D eigenvalue weighted by Gasteiger charge is -2.15. The molecule has 1 aromatic carbocycles. The molecule has 0 radical (unpaired) electrons. The lowest BCUT2D eigenvalue weighted by molar-refractivity contribution is -0.146. The SMILES string of the molecule is COc1cc(C)c(Cl)c(C)c1CC(=O)OC(C)C. The van der Waals surface area contributed by atoms with Crippen LogP contribution < -0.4 is 4.74 Å². The molecule has 0 aromatic heterocycles. The van der Waals surface area contributed by atoms with Crippen LogP contribution in [0, 0.1) is 13.8 Å². The van der Waals surface area contributed by atoms with Gasteiger partial charge in [0.2, 0.25) is 0 Å². The van der Waals surface area contributed by atoms with Crippen LogP contribution in [-0.2, 0) is 16.0 Å². The summed E-state index contributed by atoms with van der Waals surface area (Å²) in [4.78, 5) is 11.7. The summed E-state index contributed by atoms with van der Waals surface area (Å²) in [6.45, 7) is 7.44. The molecule has 0 spiro atoms. The lowest BCUT2D eigenvalue weighted by Crippen LogP contribution is -2.15. The molecule has 3 nitrogen and oxygen atoms in total. The summed E-state index contributed by atoms with van der Waals surface area (Å²) < 4.78 is 10.4. The third kappa shape index (κ3) is 3.39. The number of halogens is 1. The summed E-state index contributed by atoms with van der Waals surface area (Å²) in [6, 6.07) is 1.84. The molecule has 0 unspecified atom stereocenters. The van der Waals surface area contributed by atoms with Gasteiger partial charge in [0.25, 0.3) is 0 Å². The van der Waals surface area contributed by atoms with E-state index in [0.29, 0.717) is 10.8 Å². The maximum Gasteiger partial charge on any atom is 0.310 e. The van der Waals surface area contributed by atoms with Crippen LogP contribution in [-0.4, -0.2) is 19.2 Å². The molecule has 0 aliphatic heterocycles. The zero-order valence-electron chi connectivity index (χ0n) is 11.5. The molecule has 1 rings (SSSR count). The van der Waals surface area contributed by atoms with Gasteiger partial charge in [0, 0.05) is 10.6 Å². The first kappa shape index (κ1) is 14.8. The number of aryl methyl sites for hydroxylation is 1. The number of rotatable bonds is 4. The van der Waals surface area contributed by atoms with Crippen LogP contribution in [0.4, 0.5) is 0 Å². The average Bonchev–Trinajstić information content (AvgIpc) is 2.28. The van der Waals surface area contributed by atoms with Gasteiger partial charge >= 0.3 is 5.97 Å². The molecule has 0 aliphatic carbocycles. The lowest BCUT2D eigenvalue weighted by atomic mass is 10.0. The van der Waals surface area contributed by atoms with Gasteiger partial charge in [-0.25, -0.2) is 0 Å². The van der Waals surface area contributed by atoms with E-state index in [0.717, 1.165) is 16.7 Å². The Morgan fingerprint density at radius 3 is 2.50 bits per heavy atom. The van der Waals surface area contributed by atoms with E-state index in [2.05, 4.69) is 0 Å². The molecule has 0 saturated heterocycles. The van der Waals surface area contributed by atoms with Crippen molar-refractivity contribution in [3.63, 3.8) is 0 Å². The first-order chi connectivity index (χ1) is 8.36. The predicted molar refractivity (Wildman–Crippen MR) is 72.4 cm³/mol. The Bertz CT molecular complexity index is 453. The Hall–Kier alpha value is -1.22. The van der Waals surface area contributed by atoms with E-state index in [4.69, 9.17) is 21.1 Å². The fourth-order valence-electron chi connectivity index (χ4n) is 1.81. The zero-order chi connectivity index (χ0) is 13.9. The van der Waals surface area contributed by atoms with Crippen LogP contribution in [0.15, 0.2) is 6.07 Å². The van der Waals surface area contributed by atoms with Crippen LogP contribution in [0.3, 0.4) is 0 Å². The predicted octanol–water partition coefficient (Wildman–Crippen LogP) is 3.46. The van der Waals surface area contributed by atoms with Gasteiger partial charge in [-0.2, -0.15) is 0 Å². The topological polar surface area (TPSA) is 35.5 Å². The van der Waals surface area contributed by atoms with E-state index in [1.807, 2.05) is 33.8 Å². The first-order valence-electron chi connectivity index (χ1n) is 5.88. The Morgan fingerprint density at radius 1 is 1.39 bits per heavy atom. The van der Waals surface area contributed by atoms with Crippen molar-refractivity contribution in [3.8, 4) is 5.75 Å². The van der Waals surface area contributed by atoms with Crippen molar-refractivity contribution in [2.75, 3.05) is 7.11 Å². The van der Waals surface area contributed by atoms with Crippen LogP contribution >= 0.6 is 11.6 Å². The molecule has 0 heterocycles. The Labute approximate surface area is 113 Å². The Morgan fingerprint density at radius 2 is 2.00 bits per heavy atom. The van der Waals surface area contributed by atoms with E-state index >= 15 is 0 Å². The van der Waals surface area contributed by atoms with Crippen LogP contribution in [0.1, 0.15) is 30.5 Å². The number of esters is 1. The van der Waals surface area contributed by atoms with E-state index in [1.165, 1.54) is 0 Å². The number of carbonyl (C=O) groups is 1. The first-order valence-corrected chi connectivity index (χ1v) is 6.26. The minimum Gasteiger partial charge on any atom is -0.496 e. The number of ether oxygens (including phenoxy) is 2. The van der Waals surface area contributed by atoms with Gasteiger partial charge in [-0.1, -0.05) is 11.6 Å². The van der Waals surface area contributed by atoms with Gasteiger partial charge in [0.05, 0.1) is 19.6 Å². The maximum absolute atomic E-state index is 11.7. The second-order valence-corrected chi connectivity index (χ2v) is 4.91. The summed E-state index contributed by atoms with van der Waals surface area (Å²) in [6.07, 6.45) is 0.0532. The average molecular weight is 271 g/mol. The highest BCUT2D eigenvalue weighted by atomic mass is 35.5. The Kier molecular flexibility index (Phi) is 5.03. The number of carbonyl (C=O) groups excluding carboxylic acids is 1. The van der Waals surface area contributed by atoms with E-state index in [9.17, 15) is 4.79 Å². The van der Waals surface area contributed by atoms with Crippen molar-refractivity contribution in [3.05, 3.63) is 27.8 Å². The van der Waals surface area contributed by atoms with Crippen LogP contribution in [0.2, 0.25) is 5.02 Å². The highest BCUT2D eigenvalue weighted by Gasteiger charge is 2.17. The van der Waals surface area contributed by atoms with Crippen LogP contribution in [0.25, 0.3) is 0 Å². The van der Waals surface area contributed by atoms with Crippen molar-refractivity contribution in [2.24, 2.45) is 0 Å². The molecular weight excluding hydrogens is 252 g/mol. The van der Waals surface area contributed by atoms with E-state index in [-0.39, 0.29) is 18.5 Å². The second kappa shape index (κ2) is 6.10. The van der Waals surface area contributed by atoms with Gasteiger partial charge in [0.1, 0.15) is 5.75 Å². The molecular formula is C14H19ClO3. The maximum atomic E-state index is 11.7. The molecule has 100 valence electrons. The Balaban J connectivity index is 3.07. The fraction of sp³-hybridized carbons (Fsp3) is 0.500. The van der Waals surface area contributed by atoms with Gasteiger partial charge in [-0.05, 0) is 44.9 Å². The third-order valence-corrected chi connectivity index (χ3v) is 3.26. The summed E-state index contributed by atoms with van der Waals surface area (Å²) in [7, 11) is 1.58. The summed E-state index contributed by atoms with van der Waals surface area (Å²) in [5.74, 6) is 0.404. The smallest absolute Gasteiger partial charge is 0.310 e. The van der Waals surface area contributed by atoms with Gasteiger partial charge in [-0.15, -0.1) is 0 Å². The highest BCUT2D eigenvalue weighted by molar-refractivity contribution is 6.32. The molecule has 0 fully saturated rings. The minimum atomic E-state index is -0.272. The van der Waals surface area contributed by atoms with Gasteiger partial charge < -0.3 is 9.47 Å². The van der Waals surface area contributed by atoms with Gasteiger partial charge in [0.15, 0.2) is 0 Å². The minimum absolute atomic E-state index is 0.121. The fourth-order valence-corrected chi connectivity index (χ4v) is 1.98. The zero-order valence-corrected chi connectivity index (χ0v) is 12.2. The van der Waals surface area contributed by atoms with Crippen molar-refractivity contribution in [1.29, 1.82) is 0 Å². The number of hydrogen-bond donors (Lipinski definition) is 0. The molecule has 0 N–H and O–H groups in total. The number of methoxy groups -OCH3 is 1. The van der Waals surface area contributed by atoms with E-state index in [1.54, 1.807) is 7.11 Å². The summed E-state index contributed by atoms with van der Waals surface area (Å²) >= 11 is 6.19. The molecule has 0 atom stereocenters. The molecule has 0 amide bonds. The second-order valence-electron chi connectivity index (χ2n) is 4.53. The third-order valence-electron chi connectivity index (χ3n) is 2.68. The quantitative estimate of drug-likeness (QED) is 0.786. The normalized spacial score (nSPS) is 10.6. The molecule has 0 saturated carbocycles. The van der Waals surface area contributed by atoms with Crippen molar-refractivity contribution < 1.29 is 14.3 Å². The molecule has 18 heavy (non-hydrogen) atoms. The molecule has 1 aromatic rings. The molecule has 0 bridgehead atoms. The van der Waals surface area contributed by atoms with Crippen molar-refractivity contribution in [2.45, 2.75) is 40.2 Å². The summed E-state index contributed by atoms with van der Waals surface area (Å²) in [5.41, 5.74) is 2.60. The van der Waals surface area contributed by atoms with Crippen molar-refractivity contribution >= 4 is 17.6 Å². The number of hydrogen-bond acceptors (Lipinski definition) is 3. The molecule has 4 heteroatoms. The van der Waals surface area contributed by atoms with E-state index < -0.39 is 0 Å². The van der Waals surface area contributed by atoms with Gasteiger partial charge in [-0.3, -0.25) is 4.79 Å². The summed E-state index contributed by atoms with van der Waals surface area (Å²) in [5, 5.41) is 0.670. The molecule has 0 aliphatic rings. The highest BCUT2D eigenvalue weighted by Crippen LogP contribution is 2.32. The number of benzene rings is 1. The standard InChI is InChI=1S/C14H19ClO3/c1-8(2)18-13(16)7-11-10(4)14(15)9(3)6-12(11)17-5/h6,8H,7H2,1-5H3. The monoisotopic (exact) mass is 270 g/mol. The largest absolute Gasteiger partial charge is 0.496 e. The van der Waals surface area contributed by atoms with Crippen LogP contribution in [0.5, 0.6) is 5.75 Å². The van der Waals surface area contributed by atoms with Crippen molar-refractivity contribution in [1.82, 2.24) is 0 Å².